The van der Waals surface area contributed by atoms with Crippen molar-refractivity contribution in [1.82, 2.24) is 4.31 Å². The molecule has 2 atom stereocenters. The molecule has 1 aromatic carbocycles. The van der Waals surface area contributed by atoms with Gasteiger partial charge < -0.3 is 5.73 Å². The molecule has 2 unspecified atom stereocenters. The van der Waals surface area contributed by atoms with Gasteiger partial charge in [0.05, 0.1) is 10.2 Å². The lowest BCUT2D eigenvalue weighted by Gasteiger charge is -2.33. The summed E-state index contributed by atoms with van der Waals surface area (Å²) < 4.78 is 40.4. The summed E-state index contributed by atoms with van der Waals surface area (Å²) in [4.78, 5) is -0.0449. The maximum atomic E-state index is 13.4. The third-order valence-corrected chi connectivity index (χ3v) is 6.71. The van der Waals surface area contributed by atoms with Crippen molar-refractivity contribution in [2.75, 3.05) is 12.8 Å². The number of nitrogen functional groups attached to an aromatic ring is 1. The van der Waals surface area contributed by atoms with Gasteiger partial charge in [-0.25, -0.2) is 12.8 Å². The quantitative estimate of drug-likeness (QED) is 0.819. The Hall–Kier alpha value is -0.660. The highest BCUT2D eigenvalue weighted by Gasteiger charge is 2.32. The minimum atomic E-state index is -3.72. The SMILES string of the molecule is CC1CCCC(N(C)S(=O)(=O)c2cc(Br)c(F)cc2N)C1. The number of nitrogens with two attached hydrogens (primary N) is 1. The first-order valence-electron chi connectivity index (χ1n) is 6.96. The molecule has 21 heavy (non-hydrogen) atoms. The van der Waals surface area contributed by atoms with Crippen molar-refractivity contribution in [3.8, 4) is 0 Å². The predicted molar refractivity (Wildman–Crippen MR) is 84.9 cm³/mol. The average molecular weight is 379 g/mol. The van der Waals surface area contributed by atoms with E-state index in [1.54, 1.807) is 7.05 Å². The molecule has 1 aliphatic carbocycles. The average Bonchev–Trinajstić information content (AvgIpc) is 2.41. The number of rotatable bonds is 3. The monoisotopic (exact) mass is 378 g/mol. The molecule has 0 saturated heterocycles. The lowest BCUT2D eigenvalue weighted by molar-refractivity contribution is 0.239. The summed E-state index contributed by atoms with van der Waals surface area (Å²) in [5.74, 6) is -0.0564. The fourth-order valence-electron chi connectivity index (χ4n) is 2.85. The molecular weight excluding hydrogens is 359 g/mol. The molecule has 0 bridgehead atoms. The van der Waals surface area contributed by atoms with Crippen molar-refractivity contribution >= 4 is 31.6 Å². The number of hydrogen-bond donors (Lipinski definition) is 1. The topological polar surface area (TPSA) is 63.4 Å². The van der Waals surface area contributed by atoms with Crippen molar-refractivity contribution in [1.29, 1.82) is 0 Å². The predicted octanol–water partition coefficient (Wildman–Crippen LogP) is 3.37. The molecule has 0 heterocycles. The zero-order chi connectivity index (χ0) is 15.8. The molecule has 0 amide bonds. The maximum absolute atomic E-state index is 13.4. The molecule has 2 rings (SSSR count). The van der Waals surface area contributed by atoms with Gasteiger partial charge in [0, 0.05) is 13.1 Å². The Morgan fingerprint density at radius 1 is 1.38 bits per heavy atom. The lowest BCUT2D eigenvalue weighted by Crippen LogP contribution is -2.40. The Morgan fingerprint density at radius 3 is 2.67 bits per heavy atom. The first-order chi connectivity index (χ1) is 9.73. The summed E-state index contributed by atoms with van der Waals surface area (Å²) in [6, 6.07) is 2.25. The van der Waals surface area contributed by atoms with E-state index in [0.29, 0.717) is 5.92 Å². The number of hydrogen-bond acceptors (Lipinski definition) is 3. The molecule has 0 aromatic heterocycles. The van der Waals surface area contributed by atoms with Crippen molar-refractivity contribution in [3.63, 3.8) is 0 Å². The van der Waals surface area contributed by atoms with Crippen LogP contribution in [0, 0.1) is 11.7 Å². The van der Waals surface area contributed by atoms with Gasteiger partial charge >= 0.3 is 0 Å². The first-order valence-corrected chi connectivity index (χ1v) is 9.19. The van der Waals surface area contributed by atoms with Crippen LogP contribution in [0.1, 0.15) is 32.6 Å². The van der Waals surface area contributed by atoms with Crippen molar-refractivity contribution in [3.05, 3.63) is 22.4 Å². The van der Waals surface area contributed by atoms with Crippen LogP contribution in [0.4, 0.5) is 10.1 Å². The summed E-state index contributed by atoms with van der Waals surface area (Å²) in [5, 5.41) is 0. The summed E-state index contributed by atoms with van der Waals surface area (Å²) in [6.45, 7) is 2.13. The molecule has 0 aliphatic heterocycles. The number of nitrogens with zero attached hydrogens (tertiary/aromatic N) is 1. The standard InChI is InChI=1S/C14H20BrFN2O2S/c1-9-4-3-5-10(6-9)18(2)21(19,20)14-7-11(15)12(16)8-13(14)17/h7-10H,3-6,17H2,1-2H3. The van der Waals surface area contributed by atoms with Gasteiger partial charge in [-0.1, -0.05) is 19.8 Å². The zero-order valence-electron chi connectivity index (χ0n) is 12.1. The highest BCUT2D eigenvalue weighted by atomic mass is 79.9. The normalized spacial score (nSPS) is 23.5. The highest BCUT2D eigenvalue weighted by Crippen LogP contribution is 2.33. The molecule has 4 nitrogen and oxygen atoms in total. The van der Waals surface area contributed by atoms with Crippen LogP contribution in [0.2, 0.25) is 0 Å². The Morgan fingerprint density at radius 2 is 2.05 bits per heavy atom. The van der Waals surface area contributed by atoms with Gasteiger partial charge in [-0.3, -0.25) is 0 Å². The molecule has 7 heteroatoms. The fraction of sp³-hybridized carbons (Fsp3) is 0.571. The molecule has 118 valence electrons. The molecule has 1 aromatic rings. The smallest absolute Gasteiger partial charge is 0.245 e. The highest BCUT2D eigenvalue weighted by molar-refractivity contribution is 9.10. The second-order valence-electron chi connectivity index (χ2n) is 5.75. The Kier molecular flexibility index (Phi) is 4.95. The minimum Gasteiger partial charge on any atom is -0.398 e. The van der Waals surface area contributed by atoms with Gasteiger partial charge in [0.25, 0.3) is 0 Å². The third kappa shape index (κ3) is 3.40. The van der Waals surface area contributed by atoms with E-state index in [1.165, 1.54) is 10.4 Å². The van der Waals surface area contributed by atoms with Crippen LogP contribution in [0.15, 0.2) is 21.5 Å². The Balaban J connectivity index is 2.35. The Labute approximate surface area is 133 Å². The molecule has 2 N–H and O–H groups in total. The van der Waals surface area contributed by atoms with Crippen LogP contribution in [-0.2, 0) is 10.0 Å². The van der Waals surface area contributed by atoms with E-state index in [-0.39, 0.29) is 21.1 Å². The molecule has 1 saturated carbocycles. The second-order valence-corrected chi connectivity index (χ2v) is 8.57. The summed E-state index contributed by atoms with van der Waals surface area (Å²) in [7, 11) is -2.14. The van der Waals surface area contributed by atoms with Crippen LogP contribution < -0.4 is 5.73 Å². The molecule has 1 fully saturated rings. The van der Waals surface area contributed by atoms with E-state index < -0.39 is 15.8 Å². The van der Waals surface area contributed by atoms with Gasteiger partial charge in [-0.2, -0.15) is 4.31 Å². The van der Waals surface area contributed by atoms with Crippen molar-refractivity contribution in [2.45, 2.75) is 43.5 Å². The third-order valence-electron chi connectivity index (χ3n) is 4.13. The van der Waals surface area contributed by atoms with Crippen molar-refractivity contribution < 1.29 is 12.8 Å². The lowest BCUT2D eigenvalue weighted by atomic mass is 9.87. The van der Waals surface area contributed by atoms with Gasteiger partial charge in [0.2, 0.25) is 10.0 Å². The van der Waals surface area contributed by atoms with E-state index in [0.717, 1.165) is 31.7 Å². The van der Waals surface area contributed by atoms with Crippen LogP contribution in [0.25, 0.3) is 0 Å². The van der Waals surface area contributed by atoms with Crippen LogP contribution in [0.3, 0.4) is 0 Å². The minimum absolute atomic E-state index is 0.0259. The number of sulfonamides is 1. The van der Waals surface area contributed by atoms with Gasteiger partial charge in [-0.05, 0) is 46.8 Å². The number of anilines is 1. The number of benzene rings is 1. The largest absolute Gasteiger partial charge is 0.398 e. The molecule has 1 aliphatic rings. The summed E-state index contributed by atoms with van der Waals surface area (Å²) >= 11 is 3.01. The van der Waals surface area contributed by atoms with E-state index in [4.69, 9.17) is 5.73 Å². The molecule has 0 spiro atoms. The number of halogens is 2. The molecule has 0 radical (unpaired) electrons. The van der Waals surface area contributed by atoms with E-state index in [1.807, 2.05) is 0 Å². The van der Waals surface area contributed by atoms with Gasteiger partial charge in [0.15, 0.2) is 0 Å². The fourth-order valence-corrected chi connectivity index (χ4v) is 4.86. The van der Waals surface area contributed by atoms with Crippen LogP contribution in [-0.4, -0.2) is 25.8 Å². The first kappa shape index (κ1) is 16.7. The zero-order valence-corrected chi connectivity index (χ0v) is 14.5. The van der Waals surface area contributed by atoms with E-state index in [2.05, 4.69) is 22.9 Å². The second kappa shape index (κ2) is 6.22. The van der Waals surface area contributed by atoms with E-state index in [9.17, 15) is 12.8 Å². The maximum Gasteiger partial charge on any atom is 0.245 e. The van der Waals surface area contributed by atoms with E-state index >= 15 is 0 Å². The van der Waals surface area contributed by atoms with Gasteiger partial charge in [0.1, 0.15) is 10.7 Å². The summed E-state index contributed by atoms with van der Waals surface area (Å²) in [5.41, 5.74) is 5.64. The summed E-state index contributed by atoms with van der Waals surface area (Å²) in [6.07, 6.45) is 3.85. The molecular formula is C14H20BrFN2O2S. The van der Waals surface area contributed by atoms with Crippen LogP contribution in [0.5, 0.6) is 0 Å². The Bertz CT molecular complexity index is 636. The van der Waals surface area contributed by atoms with Crippen LogP contribution >= 0.6 is 15.9 Å². The van der Waals surface area contributed by atoms with Gasteiger partial charge in [-0.15, -0.1) is 0 Å². The van der Waals surface area contributed by atoms with Crippen molar-refractivity contribution in [2.24, 2.45) is 5.92 Å².